The average Bonchev–Trinajstić information content (AvgIpc) is 2.80. The zero-order valence-corrected chi connectivity index (χ0v) is 9.20. The van der Waals surface area contributed by atoms with Crippen molar-refractivity contribution in [1.82, 2.24) is 4.98 Å². The van der Waals surface area contributed by atoms with Gasteiger partial charge in [-0.25, -0.2) is 4.98 Å². The maximum atomic E-state index is 12.5. The van der Waals surface area contributed by atoms with Crippen LogP contribution in [0, 0.1) is 11.3 Å². The van der Waals surface area contributed by atoms with Crippen LogP contribution in [0.5, 0.6) is 5.88 Å². The molecule has 4 nitrogen and oxygen atoms in total. The molecule has 0 spiro atoms. The van der Waals surface area contributed by atoms with Crippen molar-refractivity contribution < 1.29 is 22.6 Å². The molecule has 0 N–H and O–H groups in total. The van der Waals surface area contributed by atoms with Gasteiger partial charge in [0.05, 0.1) is 13.2 Å². The molecular weight excluding hydrogens is 249 g/mol. The second-order valence-corrected chi connectivity index (χ2v) is 3.76. The van der Waals surface area contributed by atoms with Crippen molar-refractivity contribution in [2.45, 2.75) is 18.7 Å². The average molecular weight is 258 g/mol. The summed E-state index contributed by atoms with van der Waals surface area (Å²) in [5.74, 6) is -0.289. The second kappa shape index (κ2) is 4.82. The molecule has 1 unspecified atom stereocenters. The SMILES string of the molecule is N#Cc1ccc(C(F)(F)F)nc1OC1CCOC1. The highest BCUT2D eigenvalue weighted by molar-refractivity contribution is 5.39. The van der Waals surface area contributed by atoms with Gasteiger partial charge in [-0.2, -0.15) is 18.4 Å². The van der Waals surface area contributed by atoms with Crippen LogP contribution in [0.3, 0.4) is 0 Å². The lowest BCUT2D eigenvalue weighted by Crippen LogP contribution is -2.18. The van der Waals surface area contributed by atoms with Crippen molar-refractivity contribution in [1.29, 1.82) is 5.26 Å². The van der Waals surface area contributed by atoms with Gasteiger partial charge in [0, 0.05) is 6.42 Å². The van der Waals surface area contributed by atoms with Gasteiger partial charge >= 0.3 is 6.18 Å². The highest BCUT2D eigenvalue weighted by Crippen LogP contribution is 2.30. The van der Waals surface area contributed by atoms with E-state index in [1.165, 1.54) is 0 Å². The molecule has 2 heterocycles. The number of ether oxygens (including phenoxy) is 2. The molecule has 0 bridgehead atoms. The normalized spacial score (nSPS) is 19.6. The zero-order chi connectivity index (χ0) is 13.2. The minimum Gasteiger partial charge on any atom is -0.471 e. The molecule has 0 aromatic carbocycles. The molecule has 1 atom stereocenters. The van der Waals surface area contributed by atoms with Crippen LogP contribution in [0.25, 0.3) is 0 Å². The van der Waals surface area contributed by atoms with E-state index >= 15 is 0 Å². The van der Waals surface area contributed by atoms with Crippen LogP contribution in [0.2, 0.25) is 0 Å². The Bertz CT molecular complexity index is 476. The van der Waals surface area contributed by atoms with Crippen LogP contribution >= 0.6 is 0 Å². The van der Waals surface area contributed by atoms with E-state index in [1.54, 1.807) is 6.07 Å². The molecule has 1 aliphatic heterocycles. The summed E-state index contributed by atoms with van der Waals surface area (Å²) in [6.07, 6.45) is -4.34. The number of nitrogens with zero attached hydrogens (tertiary/aromatic N) is 2. The fraction of sp³-hybridized carbons (Fsp3) is 0.455. The summed E-state index contributed by atoms with van der Waals surface area (Å²) in [4.78, 5) is 3.35. The van der Waals surface area contributed by atoms with Gasteiger partial charge in [-0.05, 0) is 12.1 Å². The van der Waals surface area contributed by atoms with Crippen molar-refractivity contribution >= 4 is 0 Å². The van der Waals surface area contributed by atoms with Crippen molar-refractivity contribution in [3.63, 3.8) is 0 Å². The molecule has 1 aromatic rings. The number of aromatic nitrogens is 1. The Balaban J connectivity index is 2.28. The van der Waals surface area contributed by atoms with Gasteiger partial charge in [-0.1, -0.05) is 0 Å². The highest BCUT2D eigenvalue weighted by atomic mass is 19.4. The predicted octanol–water partition coefficient (Wildman–Crippen LogP) is 2.14. The molecule has 1 aliphatic rings. The number of halogens is 3. The van der Waals surface area contributed by atoms with E-state index in [4.69, 9.17) is 14.7 Å². The minimum absolute atomic E-state index is 0.0186. The first-order valence-corrected chi connectivity index (χ1v) is 5.23. The van der Waals surface area contributed by atoms with Crippen LogP contribution in [0.1, 0.15) is 17.7 Å². The maximum absolute atomic E-state index is 12.5. The molecule has 0 saturated carbocycles. The molecule has 0 aliphatic carbocycles. The standard InChI is InChI=1S/C11H9F3N2O2/c12-11(13,14)9-2-1-7(5-15)10(16-9)18-8-3-4-17-6-8/h1-2,8H,3-4,6H2. The van der Waals surface area contributed by atoms with Gasteiger partial charge in [0.15, 0.2) is 0 Å². The van der Waals surface area contributed by atoms with E-state index in [1.807, 2.05) is 0 Å². The fourth-order valence-corrected chi connectivity index (χ4v) is 1.54. The predicted molar refractivity (Wildman–Crippen MR) is 53.8 cm³/mol. The van der Waals surface area contributed by atoms with Crippen LogP contribution in [0.15, 0.2) is 12.1 Å². The van der Waals surface area contributed by atoms with Crippen molar-refractivity contribution in [3.05, 3.63) is 23.4 Å². The Hall–Kier alpha value is -1.81. The zero-order valence-electron chi connectivity index (χ0n) is 9.20. The third kappa shape index (κ3) is 2.71. The van der Waals surface area contributed by atoms with Crippen LogP contribution < -0.4 is 4.74 Å². The Kier molecular flexibility index (Phi) is 3.39. The molecule has 1 fully saturated rings. The number of nitriles is 1. The van der Waals surface area contributed by atoms with E-state index in [0.29, 0.717) is 19.6 Å². The van der Waals surface area contributed by atoms with E-state index in [0.717, 1.165) is 12.1 Å². The van der Waals surface area contributed by atoms with E-state index in [2.05, 4.69) is 4.98 Å². The number of hydrogen-bond acceptors (Lipinski definition) is 4. The molecule has 18 heavy (non-hydrogen) atoms. The quantitative estimate of drug-likeness (QED) is 0.815. The van der Waals surface area contributed by atoms with Crippen molar-refractivity contribution in [2.75, 3.05) is 13.2 Å². The van der Waals surface area contributed by atoms with Gasteiger partial charge in [0.2, 0.25) is 5.88 Å². The Morgan fingerprint density at radius 3 is 2.78 bits per heavy atom. The molecule has 0 amide bonds. The Morgan fingerprint density at radius 2 is 2.22 bits per heavy atom. The van der Waals surface area contributed by atoms with E-state index < -0.39 is 11.9 Å². The molecule has 96 valence electrons. The largest absolute Gasteiger partial charge is 0.471 e. The molecule has 1 aromatic heterocycles. The van der Waals surface area contributed by atoms with Crippen LogP contribution in [-0.2, 0) is 10.9 Å². The summed E-state index contributed by atoms with van der Waals surface area (Å²) in [6.45, 7) is 0.786. The fourth-order valence-electron chi connectivity index (χ4n) is 1.54. The summed E-state index contributed by atoms with van der Waals surface area (Å²) in [7, 11) is 0. The molecule has 0 radical (unpaired) electrons. The number of rotatable bonds is 2. The summed E-state index contributed by atoms with van der Waals surface area (Å²) in [5.41, 5.74) is -1.09. The maximum Gasteiger partial charge on any atom is 0.433 e. The van der Waals surface area contributed by atoms with Gasteiger partial charge in [0.25, 0.3) is 0 Å². The second-order valence-electron chi connectivity index (χ2n) is 3.76. The molecular formula is C11H9F3N2O2. The monoisotopic (exact) mass is 258 g/mol. The third-order valence-electron chi connectivity index (χ3n) is 2.44. The lowest BCUT2D eigenvalue weighted by atomic mass is 10.2. The molecule has 2 rings (SSSR count). The first-order chi connectivity index (χ1) is 8.50. The first-order valence-electron chi connectivity index (χ1n) is 5.23. The van der Waals surface area contributed by atoms with Crippen LogP contribution in [0.4, 0.5) is 13.2 Å². The van der Waals surface area contributed by atoms with Crippen molar-refractivity contribution in [2.24, 2.45) is 0 Å². The van der Waals surface area contributed by atoms with Gasteiger partial charge in [-0.15, -0.1) is 0 Å². The van der Waals surface area contributed by atoms with Gasteiger partial charge < -0.3 is 9.47 Å². The number of pyridine rings is 1. The van der Waals surface area contributed by atoms with E-state index in [-0.39, 0.29) is 17.5 Å². The lowest BCUT2D eigenvalue weighted by Gasteiger charge is -2.13. The van der Waals surface area contributed by atoms with Gasteiger partial charge in [-0.3, -0.25) is 0 Å². The van der Waals surface area contributed by atoms with E-state index in [9.17, 15) is 13.2 Å². The smallest absolute Gasteiger partial charge is 0.433 e. The highest BCUT2D eigenvalue weighted by Gasteiger charge is 2.33. The summed E-state index contributed by atoms with van der Waals surface area (Å²) in [6, 6.07) is 3.57. The third-order valence-corrected chi connectivity index (χ3v) is 2.44. The topological polar surface area (TPSA) is 55.1 Å². The molecule has 1 saturated heterocycles. The molecule has 7 heteroatoms. The van der Waals surface area contributed by atoms with Gasteiger partial charge in [0.1, 0.15) is 23.4 Å². The lowest BCUT2D eigenvalue weighted by molar-refractivity contribution is -0.141. The summed E-state index contributed by atoms with van der Waals surface area (Å²) >= 11 is 0. The summed E-state index contributed by atoms with van der Waals surface area (Å²) in [5, 5.41) is 8.80. The summed E-state index contributed by atoms with van der Waals surface area (Å²) < 4.78 is 47.8. The first kappa shape index (κ1) is 12.6. The Labute approximate surface area is 101 Å². The minimum atomic E-state index is -4.56. The number of alkyl halides is 3. The van der Waals surface area contributed by atoms with Crippen molar-refractivity contribution in [3.8, 4) is 11.9 Å². The number of hydrogen-bond donors (Lipinski definition) is 0. The Morgan fingerprint density at radius 1 is 1.44 bits per heavy atom. The van der Waals surface area contributed by atoms with Crippen LogP contribution in [-0.4, -0.2) is 24.3 Å².